The Bertz CT molecular complexity index is 451. The van der Waals surface area contributed by atoms with Gasteiger partial charge in [0.15, 0.2) is 0 Å². The van der Waals surface area contributed by atoms with Gasteiger partial charge in [-0.25, -0.2) is 4.98 Å². The van der Waals surface area contributed by atoms with Crippen LogP contribution in [0.4, 0.5) is 5.82 Å². The zero-order valence-corrected chi connectivity index (χ0v) is 13.3. The van der Waals surface area contributed by atoms with Crippen LogP contribution < -0.4 is 10.6 Å². The third-order valence-electron chi connectivity index (χ3n) is 2.83. The van der Waals surface area contributed by atoms with Crippen LogP contribution in [0, 0.1) is 0 Å². The molecular weight excluding hydrogens is 276 g/mol. The van der Waals surface area contributed by atoms with E-state index >= 15 is 0 Å². The third kappa shape index (κ3) is 5.35. The fourth-order valence-corrected chi connectivity index (χ4v) is 1.92. The number of rotatable bonds is 7. The molecule has 0 fully saturated rings. The Labute approximate surface area is 125 Å². The average Bonchev–Trinajstić information content (AvgIpc) is 2.39. The van der Waals surface area contributed by atoms with Crippen LogP contribution in [0.15, 0.2) is 12.3 Å². The first kappa shape index (κ1) is 16.7. The van der Waals surface area contributed by atoms with Crippen LogP contribution in [0.5, 0.6) is 0 Å². The number of aromatic nitrogens is 1. The molecule has 2 N–H and O–H groups in total. The Kier molecular flexibility index (Phi) is 6.75. The Morgan fingerprint density at radius 1 is 1.50 bits per heavy atom. The van der Waals surface area contributed by atoms with Crippen molar-refractivity contribution in [3.05, 3.63) is 22.8 Å². The molecule has 0 aliphatic carbocycles. The number of hydrogen-bond donors (Lipinski definition) is 2. The summed E-state index contributed by atoms with van der Waals surface area (Å²) in [6.07, 6.45) is 2.44. The summed E-state index contributed by atoms with van der Waals surface area (Å²) in [5, 5.41) is 6.44. The lowest BCUT2D eigenvalue weighted by molar-refractivity contribution is 0.0936. The van der Waals surface area contributed by atoms with E-state index < -0.39 is 0 Å². The third-order valence-corrected chi connectivity index (χ3v) is 3.12. The molecule has 0 radical (unpaired) electrons. The second kappa shape index (κ2) is 8.07. The van der Waals surface area contributed by atoms with Gasteiger partial charge in [-0.3, -0.25) is 4.79 Å². The molecule has 112 valence electrons. The molecule has 6 heteroatoms. The lowest BCUT2D eigenvalue weighted by Gasteiger charge is -2.17. The van der Waals surface area contributed by atoms with Gasteiger partial charge in [-0.15, -0.1) is 0 Å². The molecule has 1 unspecified atom stereocenters. The Morgan fingerprint density at radius 3 is 2.75 bits per heavy atom. The highest BCUT2D eigenvalue weighted by molar-refractivity contribution is 6.33. The van der Waals surface area contributed by atoms with Crippen LogP contribution in [-0.4, -0.2) is 49.0 Å². The number of carbonyl (C=O) groups is 1. The molecule has 1 aromatic rings. The minimum atomic E-state index is -0.145. The molecule has 0 aliphatic rings. The van der Waals surface area contributed by atoms with E-state index in [1.807, 2.05) is 27.9 Å². The lowest BCUT2D eigenvalue weighted by atomic mass is 10.2. The molecule has 0 saturated carbocycles. The van der Waals surface area contributed by atoms with Crippen LogP contribution in [0.25, 0.3) is 0 Å². The van der Waals surface area contributed by atoms with Crippen molar-refractivity contribution in [2.45, 2.75) is 26.3 Å². The van der Waals surface area contributed by atoms with Gasteiger partial charge in [0.25, 0.3) is 5.91 Å². The fourth-order valence-electron chi connectivity index (χ4n) is 1.69. The summed E-state index contributed by atoms with van der Waals surface area (Å²) in [4.78, 5) is 18.3. The lowest BCUT2D eigenvalue weighted by Crippen LogP contribution is -2.34. The average molecular weight is 299 g/mol. The largest absolute Gasteiger partial charge is 0.369 e. The Balaban J connectivity index is 2.61. The van der Waals surface area contributed by atoms with Crippen molar-refractivity contribution in [1.29, 1.82) is 0 Å². The van der Waals surface area contributed by atoms with Crippen molar-refractivity contribution in [2.75, 3.05) is 32.5 Å². The van der Waals surface area contributed by atoms with Crippen molar-refractivity contribution in [3.8, 4) is 0 Å². The van der Waals surface area contributed by atoms with E-state index in [9.17, 15) is 4.79 Å². The SMILES string of the molecule is CCNc1ncc(C(=O)NC(C)CCN(C)C)cc1Cl. The van der Waals surface area contributed by atoms with Gasteiger partial charge in [0.05, 0.1) is 10.6 Å². The van der Waals surface area contributed by atoms with Crippen molar-refractivity contribution in [2.24, 2.45) is 0 Å². The fraction of sp³-hybridized carbons (Fsp3) is 0.571. The minimum Gasteiger partial charge on any atom is -0.369 e. The van der Waals surface area contributed by atoms with Crippen molar-refractivity contribution in [1.82, 2.24) is 15.2 Å². The maximum Gasteiger partial charge on any atom is 0.253 e. The number of hydrogen-bond acceptors (Lipinski definition) is 4. The zero-order chi connectivity index (χ0) is 15.1. The molecule has 0 spiro atoms. The maximum atomic E-state index is 12.1. The van der Waals surface area contributed by atoms with E-state index in [1.54, 1.807) is 6.07 Å². The number of nitrogens with one attached hydrogen (secondary N) is 2. The Morgan fingerprint density at radius 2 is 2.20 bits per heavy atom. The van der Waals surface area contributed by atoms with Crippen molar-refractivity contribution >= 4 is 23.3 Å². The first-order valence-electron chi connectivity index (χ1n) is 6.79. The van der Waals surface area contributed by atoms with E-state index in [1.165, 1.54) is 6.20 Å². The monoisotopic (exact) mass is 298 g/mol. The molecular formula is C14H23ClN4O. The van der Waals surface area contributed by atoms with E-state index in [0.29, 0.717) is 16.4 Å². The van der Waals surface area contributed by atoms with Crippen molar-refractivity contribution < 1.29 is 4.79 Å². The van der Waals surface area contributed by atoms with Gasteiger partial charge in [-0.1, -0.05) is 11.6 Å². The summed E-state index contributed by atoms with van der Waals surface area (Å²) >= 11 is 6.08. The molecule has 0 saturated heterocycles. The highest BCUT2D eigenvalue weighted by Crippen LogP contribution is 2.19. The van der Waals surface area contributed by atoms with Gasteiger partial charge in [0.2, 0.25) is 0 Å². The van der Waals surface area contributed by atoms with E-state index in [0.717, 1.165) is 19.5 Å². The smallest absolute Gasteiger partial charge is 0.253 e. The standard InChI is InChI=1S/C14H23ClN4O/c1-5-16-13-12(15)8-11(9-17-13)14(20)18-10(2)6-7-19(3)4/h8-10H,5-7H2,1-4H3,(H,16,17)(H,18,20). The van der Waals surface area contributed by atoms with Crippen LogP contribution in [0.2, 0.25) is 5.02 Å². The quantitative estimate of drug-likeness (QED) is 0.810. The number of pyridine rings is 1. The zero-order valence-electron chi connectivity index (χ0n) is 12.5. The summed E-state index contributed by atoms with van der Waals surface area (Å²) in [7, 11) is 4.02. The Hall–Kier alpha value is -1.33. The first-order chi connectivity index (χ1) is 9.43. The van der Waals surface area contributed by atoms with E-state index in [-0.39, 0.29) is 11.9 Å². The van der Waals surface area contributed by atoms with Gasteiger partial charge in [-0.2, -0.15) is 0 Å². The highest BCUT2D eigenvalue weighted by Gasteiger charge is 2.12. The summed E-state index contributed by atoms with van der Waals surface area (Å²) in [5.74, 6) is 0.458. The van der Waals surface area contributed by atoms with Gasteiger partial charge in [0, 0.05) is 18.8 Å². The molecule has 1 heterocycles. The number of carbonyl (C=O) groups excluding carboxylic acids is 1. The summed E-state index contributed by atoms with van der Waals surface area (Å²) in [5.41, 5.74) is 0.480. The van der Waals surface area contributed by atoms with Gasteiger partial charge >= 0.3 is 0 Å². The molecule has 20 heavy (non-hydrogen) atoms. The van der Waals surface area contributed by atoms with E-state index in [4.69, 9.17) is 11.6 Å². The van der Waals surface area contributed by atoms with Crippen LogP contribution in [-0.2, 0) is 0 Å². The molecule has 5 nitrogen and oxygen atoms in total. The molecule has 1 amide bonds. The summed E-state index contributed by atoms with van der Waals surface area (Å²) < 4.78 is 0. The summed E-state index contributed by atoms with van der Waals surface area (Å²) in [6.45, 7) is 5.62. The predicted molar refractivity (Wildman–Crippen MR) is 83.5 cm³/mol. The molecule has 0 aromatic carbocycles. The topological polar surface area (TPSA) is 57.3 Å². The van der Waals surface area contributed by atoms with E-state index in [2.05, 4.69) is 20.5 Å². The number of anilines is 1. The molecule has 0 bridgehead atoms. The second-order valence-corrected chi connectivity index (χ2v) is 5.46. The van der Waals surface area contributed by atoms with Gasteiger partial charge in [-0.05, 0) is 47.0 Å². The number of amides is 1. The molecule has 1 atom stereocenters. The normalized spacial score (nSPS) is 12.3. The summed E-state index contributed by atoms with van der Waals surface area (Å²) in [6, 6.07) is 1.75. The second-order valence-electron chi connectivity index (χ2n) is 5.05. The van der Waals surface area contributed by atoms with Crippen LogP contribution >= 0.6 is 11.6 Å². The van der Waals surface area contributed by atoms with Crippen molar-refractivity contribution in [3.63, 3.8) is 0 Å². The van der Waals surface area contributed by atoms with Gasteiger partial charge in [0.1, 0.15) is 5.82 Å². The number of nitrogens with zero attached hydrogens (tertiary/aromatic N) is 2. The molecule has 1 aromatic heterocycles. The molecule has 1 rings (SSSR count). The van der Waals surface area contributed by atoms with Gasteiger partial charge < -0.3 is 15.5 Å². The maximum absolute atomic E-state index is 12.1. The minimum absolute atomic E-state index is 0.108. The van der Waals surface area contributed by atoms with Crippen LogP contribution in [0.1, 0.15) is 30.6 Å². The van der Waals surface area contributed by atoms with Crippen LogP contribution in [0.3, 0.4) is 0 Å². The first-order valence-corrected chi connectivity index (χ1v) is 7.16. The predicted octanol–water partition coefficient (Wildman–Crippen LogP) is 2.24. The number of halogens is 1. The highest BCUT2D eigenvalue weighted by atomic mass is 35.5. The molecule has 0 aliphatic heterocycles.